The van der Waals surface area contributed by atoms with E-state index in [1.165, 1.54) is 5.56 Å². The molecule has 3 nitrogen and oxygen atoms in total. The van der Waals surface area contributed by atoms with Gasteiger partial charge in [-0.3, -0.25) is 0 Å². The molecule has 4 rings (SSSR count). The summed E-state index contributed by atoms with van der Waals surface area (Å²) in [6.45, 7) is 6.65. The average molecular weight is 364 g/mol. The Morgan fingerprint density at radius 1 is 1.12 bits per heavy atom. The molecule has 0 aliphatic rings. The Labute approximate surface area is 155 Å². The molecule has 4 aromatic rings. The number of aromatic nitrogens is 3. The summed E-state index contributed by atoms with van der Waals surface area (Å²) in [5, 5.41) is 2.78. The van der Waals surface area contributed by atoms with Crippen molar-refractivity contribution in [3.8, 4) is 22.4 Å². The molecule has 0 spiro atoms. The van der Waals surface area contributed by atoms with Gasteiger partial charge in [-0.15, -0.1) is 22.7 Å². The molecule has 0 fully saturated rings. The van der Waals surface area contributed by atoms with Crippen LogP contribution in [-0.4, -0.2) is 14.4 Å². The van der Waals surface area contributed by atoms with E-state index in [4.69, 9.17) is 4.98 Å². The van der Waals surface area contributed by atoms with Crippen LogP contribution in [0.4, 0.5) is 0 Å². The summed E-state index contributed by atoms with van der Waals surface area (Å²) in [6.07, 6.45) is 5.92. The van der Waals surface area contributed by atoms with Crippen molar-refractivity contribution < 1.29 is 0 Å². The first kappa shape index (κ1) is 16.1. The minimum atomic E-state index is 0.0604. The zero-order valence-electron chi connectivity index (χ0n) is 14.3. The minimum Gasteiger partial charge on any atom is -0.306 e. The van der Waals surface area contributed by atoms with Crippen LogP contribution in [0.15, 0.2) is 48.2 Å². The van der Waals surface area contributed by atoms with Gasteiger partial charge in [-0.2, -0.15) is 0 Å². The van der Waals surface area contributed by atoms with Crippen molar-refractivity contribution in [2.45, 2.75) is 26.2 Å². The van der Waals surface area contributed by atoms with Crippen molar-refractivity contribution in [1.29, 1.82) is 0 Å². The summed E-state index contributed by atoms with van der Waals surface area (Å²) < 4.78 is 2.11. The Morgan fingerprint density at radius 3 is 2.76 bits per heavy atom. The highest BCUT2D eigenvalue weighted by Gasteiger charge is 2.19. The zero-order chi connectivity index (χ0) is 17.4. The van der Waals surface area contributed by atoms with Crippen LogP contribution in [0.3, 0.4) is 0 Å². The van der Waals surface area contributed by atoms with Gasteiger partial charge in [0.1, 0.15) is 5.65 Å². The van der Waals surface area contributed by atoms with E-state index < -0.39 is 0 Å². The molecule has 124 valence electrons. The third-order valence-corrected chi connectivity index (χ3v) is 5.59. The van der Waals surface area contributed by atoms with Gasteiger partial charge in [0.2, 0.25) is 0 Å². The molecule has 0 aliphatic heterocycles. The fourth-order valence-corrected chi connectivity index (χ4v) is 3.96. The van der Waals surface area contributed by atoms with Crippen LogP contribution in [0.2, 0.25) is 0 Å². The minimum absolute atomic E-state index is 0.0604. The SMILES string of the molecule is CC(C)(C)c1cccn2cc(-c3ccc(C#Cc4nccs4)s3)nc12. The summed E-state index contributed by atoms with van der Waals surface area (Å²) >= 11 is 3.22. The molecule has 0 bridgehead atoms. The zero-order valence-corrected chi connectivity index (χ0v) is 15.9. The maximum absolute atomic E-state index is 4.89. The number of pyridine rings is 1. The molecule has 0 atom stereocenters. The van der Waals surface area contributed by atoms with E-state index in [-0.39, 0.29) is 5.41 Å². The molecule has 0 aromatic carbocycles. The van der Waals surface area contributed by atoms with Crippen molar-refractivity contribution in [3.05, 3.63) is 63.7 Å². The van der Waals surface area contributed by atoms with Crippen molar-refractivity contribution in [1.82, 2.24) is 14.4 Å². The highest BCUT2D eigenvalue weighted by atomic mass is 32.1. The second kappa shape index (κ2) is 6.14. The van der Waals surface area contributed by atoms with Gasteiger partial charge in [-0.25, -0.2) is 9.97 Å². The number of rotatable bonds is 1. The van der Waals surface area contributed by atoms with Crippen LogP contribution >= 0.6 is 22.7 Å². The normalized spacial score (nSPS) is 11.5. The maximum atomic E-state index is 4.89. The quantitative estimate of drug-likeness (QED) is 0.434. The van der Waals surface area contributed by atoms with E-state index in [9.17, 15) is 0 Å². The summed E-state index contributed by atoms with van der Waals surface area (Å²) in [7, 11) is 0. The Hall–Kier alpha value is -2.42. The highest BCUT2D eigenvalue weighted by Crippen LogP contribution is 2.31. The Balaban J connectivity index is 1.71. The first-order valence-corrected chi connectivity index (χ1v) is 9.70. The molecule has 0 saturated heterocycles. The standard InChI is InChI=1S/C20H17N3S2/c1-20(2,3)15-5-4-11-23-13-16(22-19(15)23)17-8-6-14(25-17)7-9-18-21-10-12-24-18/h4-6,8,10-13H,1-3H3. The summed E-state index contributed by atoms with van der Waals surface area (Å²) in [4.78, 5) is 11.2. The fraction of sp³-hybridized carbons (Fsp3) is 0.200. The monoisotopic (exact) mass is 363 g/mol. The second-order valence-corrected chi connectivity index (χ2v) is 8.76. The molecule has 0 aliphatic carbocycles. The lowest BCUT2D eigenvalue weighted by Gasteiger charge is -2.19. The average Bonchev–Trinajstić information content (AvgIpc) is 3.30. The summed E-state index contributed by atoms with van der Waals surface area (Å²) in [6, 6.07) is 8.38. The van der Waals surface area contributed by atoms with Gasteiger partial charge in [-0.05, 0) is 35.5 Å². The first-order chi connectivity index (χ1) is 12.0. The van der Waals surface area contributed by atoms with Gasteiger partial charge in [0.05, 0.1) is 15.4 Å². The molecular formula is C20H17N3S2. The third-order valence-electron chi connectivity index (χ3n) is 3.87. The molecular weight excluding hydrogens is 346 g/mol. The van der Waals surface area contributed by atoms with Gasteiger partial charge in [0.25, 0.3) is 0 Å². The van der Waals surface area contributed by atoms with Crippen molar-refractivity contribution in [2.24, 2.45) is 0 Å². The van der Waals surface area contributed by atoms with E-state index in [0.717, 1.165) is 26.1 Å². The Bertz CT molecular complexity index is 1080. The van der Waals surface area contributed by atoms with Crippen molar-refractivity contribution in [3.63, 3.8) is 0 Å². The predicted molar refractivity (Wildman–Crippen MR) is 105 cm³/mol. The van der Waals surface area contributed by atoms with Gasteiger partial charge >= 0.3 is 0 Å². The van der Waals surface area contributed by atoms with Gasteiger partial charge in [0, 0.05) is 29.5 Å². The van der Waals surface area contributed by atoms with E-state index >= 15 is 0 Å². The molecule has 0 amide bonds. The molecule has 25 heavy (non-hydrogen) atoms. The second-order valence-electron chi connectivity index (χ2n) is 6.78. The maximum Gasteiger partial charge on any atom is 0.167 e. The number of imidazole rings is 1. The van der Waals surface area contributed by atoms with Gasteiger partial charge < -0.3 is 4.40 Å². The predicted octanol–water partition coefficient (Wildman–Crippen LogP) is 5.22. The topological polar surface area (TPSA) is 30.2 Å². The molecule has 0 saturated carbocycles. The van der Waals surface area contributed by atoms with Gasteiger partial charge in [0.15, 0.2) is 5.01 Å². The summed E-state index contributed by atoms with van der Waals surface area (Å²) in [5.41, 5.74) is 3.32. The number of thiazole rings is 1. The van der Waals surface area contributed by atoms with E-state index in [0.29, 0.717) is 0 Å². The van der Waals surface area contributed by atoms with Crippen LogP contribution in [0.1, 0.15) is 36.2 Å². The van der Waals surface area contributed by atoms with Crippen LogP contribution < -0.4 is 0 Å². The highest BCUT2D eigenvalue weighted by molar-refractivity contribution is 7.16. The number of fused-ring (bicyclic) bond motifs is 1. The molecule has 0 radical (unpaired) electrons. The lowest BCUT2D eigenvalue weighted by Crippen LogP contribution is -2.12. The fourth-order valence-electron chi connectivity index (χ4n) is 2.66. The summed E-state index contributed by atoms with van der Waals surface area (Å²) in [5.74, 6) is 6.29. The van der Waals surface area contributed by atoms with Crippen LogP contribution in [0.25, 0.3) is 16.2 Å². The number of nitrogens with zero attached hydrogens (tertiary/aromatic N) is 3. The lowest BCUT2D eigenvalue weighted by molar-refractivity contribution is 0.592. The van der Waals surface area contributed by atoms with E-state index in [1.54, 1.807) is 28.9 Å². The number of thiophene rings is 1. The lowest BCUT2D eigenvalue weighted by atomic mass is 9.88. The third kappa shape index (κ3) is 3.23. The molecule has 4 aromatic heterocycles. The number of hydrogen-bond donors (Lipinski definition) is 0. The van der Waals surface area contributed by atoms with Crippen molar-refractivity contribution >= 4 is 28.3 Å². The van der Waals surface area contributed by atoms with Crippen LogP contribution in [-0.2, 0) is 5.41 Å². The van der Waals surface area contributed by atoms with E-state index in [2.05, 4.69) is 78.7 Å². The molecule has 0 unspecified atom stereocenters. The van der Waals surface area contributed by atoms with Crippen LogP contribution in [0, 0.1) is 11.8 Å². The van der Waals surface area contributed by atoms with Gasteiger partial charge in [-0.1, -0.05) is 26.8 Å². The Kier molecular flexibility index (Phi) is 3.95. The molecule has 0 N–H and O–H groups in total. The van der Waals surface area contributed by atoms with E-state index in [1.807, 2.05) is 5.38 Å². The van der Waals surface area contributed by atoms with Crippen molar-refractivity contribution in [2.75, 3.05) is 0 Å². The van der Waals surface area contributed by atoms with Crippen LogP contribution in [0.5, 0.6) is 0 Å². The molecule has 5 heteroatoms. The first-order valence-electron chi connectivity index (χ1n) is 8.01. The smallest absolute Gasteiger partial charge is 0.167 e. The largest absolute Gasteiger partial charge is 0.306 e. The Morgan fingerprint density at radius 2 is 2.00 bits per heavy atom. The molecule has 4 heterocycles. The number of hydrogen-bond acceptors (Lipinski definition) is 4.